The molecule has 2 aromatic carbocycles. The average Bonchev–Trinajstić information content (AvgIpc) is 2.78. The lowest BCUT2D eigenvalue weighted by atomic mass is 10.0. The second kappa shape index (κ2) is 8.21. The van der Waals surface area contributed by atoms with Gasteiger partial charge in [0.05, 0.1) is 22.8 Å². The standard InChI is InChI=1S/C23H23ClN4O/c1-3-27(2)22-18-15-28(23(29)17-11-7-8-12-19(17)24)14-13-20(18)25-21(26-22)16-9-5-4-6-10-16/h4-12H,3,13-15H2,1-2H3. The largest absolute Gasteiger partial charge is 0.360 e. The quantitative estimate of drug-likeness (QED) is 0.642. The van der Waals surface area contributed by atoms with Gasteiger partial charge in [-0.3, -0.25) is 4.79 Å². The highest BCUT2D eigenvalue weighted by Gasteiger charge is 2.28. The number of hydrogen-bond donors (Lipinski definition) is 0. The second-order valence-corrected chi connectivity index (χ2v) is 7.54. The van der Waals surface area contributed by atoms with E-state index in [1.54, 1.807) is 12.1 Å². The Kier molecular flexibility index (Phi) is 5.49. The highest BCUT2D eigenvalue weighted by atomic mass is 35.5. The van der Waals surface area contributed by atoms with Crippen molar-refractivity contribution < 1.29 is 4.79 Å². The van der Waals surface area contributed by atoms with Gasteiger partial charge in [0, 0.05) is 37.7 Å². The van der Waals surface area contributed by atoms with E-state index in [4.69, 9.17) is 21.6 Å². The van der Waals surface area contributed by atoms with Gasteiger partial charge in [-0.1, -0.05) is 54.1 Å². The molecule has 0 bridgehead atoms. The fourth-order valence-corrected chi connectivity index (χ4v) is 3.77. The number of carbonyl (C=O) groups excluding carboxylic acids is 1. The van der Waals surface area contributed by atoms with Crippen LogP contribution < -0.4 is 4.90 Å². The maximum absolute atomic E-state index is 13.1. The molecule has 0 saturated heterocycles. The van der Waals surface area contributed by atoms with Crippen molar-refractivity contribution >= 4 is 23.3 Å². The van der Waals surface area contributed by atoms with Crippen molar-refractivity contribution in [1.29, 1.82) is 0 Å². The van der Waals surface area contributed by atoms with Crippen LogP contribution in [0.4, 0.5) is 5.82 Å². The molecule has 1 aliphatic heterocycles. The van der Waals surface area contributed by atoms with Crippen LogP contribution in [0.3, 0.4) is 0 Å². The Balaban J connectivity index is 1.72. The predicted molar refractivity (Wildman–Crippen MR) is 116 cm³/mol. The molecule has 0 N–H and O–H groups in total. The van der Waals surface area contributed by atoms with Gasteiger partial charge < -0.3 is 9.80 Å². The Morgan fingerprint density at radius 2 is 1.83 bits per heavy atom. The fourth-order valence-electron chi connectivity index (χ4n) is 3.56. The van der Waals surface area contributed by atoms with Crippen molar-refractivity contribution in [1.82, 2.24) is 14.9 Å². The van der Waals surface area contributed by atoms with Crippen LogP contribution in [0.5, 0.6) is 0 Å². The summed E-state index contributed by atoms with van der Waals surface area (Å²) in [7, 11) is 2.02. The zero-order valence-corrected chi connectivity index (χ0v) is 17.4. The lowest BCUT2D eigenvalue weighted by Crippen LogP contribution is -2.38. The lowest BCUT2D eigenvalue weighted by molar-refractivity contribution is 0.0734. The van der Waals surface area contributed by atoms with Crippen LogP contribution in [0.25, 0.3) is 11.4 Å². The Bertz CT molecular complexity index is 1040. The summed E-state index contributed by atoms with van der Waals surface area (Å²) in [6.45, 7) is 3.99. The molecule has 0 spiro atoms. The van der Waals surface area contributed by atoms with Gasteiger partial charge in [-0.2, -0.15) is 0 Å². The van der Waals surface area contributed by atoms with E-state index >= 15 is 0 Å². The molecule has 0 atom stereocenters. The molecule has 148 valence electrons. The maximum atomic E-state index is 13.1. The highest BCUT2D eigenvalue weighted by molar-refractivity contribution is 6.33. The van der Waals surface area contributed by atoms with Gasteiger partial charge in [0.25, 0.3) is 5.91 Å². The first kappa shape index (κ1) is 19.4. The first-order chi connectivity index (χ1) is 14.1. The Morgan fingerprint density at radius 1 is 1.10 bits per heavy atom. The molecule has 1 aliphatic rings. The number of nitrogens with zero attached hydrogens (tertiary/aromatic N) is 4. The van der Waals surface area contributed by atoms with E-state index in [0.717, 1.165) is 35.0 Å². The molecule has 0 aliphatic carbocycles. The van der Waals surface area contributed by atoms with Gasteiger partial charge in [-0.05, 0) is 19.1 Å². The number of halogens is 1. The molecule has 6 heteroatoms. The molecule has 4 rings (SSSR count). The van der Waals surface area contributed by atoms with Crippen LogP contribution in [0.1, 0.15) is 28.5 Å². The summed E-state index contributed by atoms with van der Waals surface area (Å²) in [6.07, 6.45) is 0.693. The van der Waals surface area contributed by atoms with Crippen LogP contribution >= 0.6 is 11.6 Å². The molecule has 1 amide bonds. The van der Waals surface area contributed by atoms with Gasteiger partial charge in [0.15, 0.2) is 5.82 Å². The number of amides is 1. The number of carbonyl (C=O) groups is 1. The first-order valence-electron chi connectivity index (χ1n) is 9.78. The Labute approximate surface area is 176 Å². The summed E-state index contributed by atoms with van der Waals surface area (Å²) in [5.41, 5.74) is 3.55. The predicted octanol–water partition coefficient (Wildman–Crippen LogP) is 4.45. The first-order valence-corrected chi connectivity index (χ1v) is 10.2. The zero-order chi connectivity index (χ0) is 20.4. The van der Waals surface area contributed by atoms with Crippen molar-refractivity contribution in [3.8, 4) is 11.4 Å². The van der Waals surface area contributed by atoms with Crippen molar-refractivity contribution in [3.63, 3.8) is 0 Å². The minimum Gasteiger partial charge on any atom is -0.360 e. The smallest absolute Gasteiger partial charge is 0.255 e. The number of aromatic nitrogens is 2. The van der Waals surface area contributed by atoms with Gasteiger partial charge in [-0.15, -0.1) is 0 Å². The third-order valence-electron chi connectivity index (χ3n) is 5.30. The molecular formula is C23H23ClN4O. The normalized spacial score (nSPS) is 13.1. The summed E-state index contributed by atoms with van der Waals surface area (Å²) in [6, 6.07) is 17.2. The summed E-state index contributed by atoms with van der Waals surface area (Å²) < 4.78 is 0. The maximum Gasteiger partial charge on any atom is 0.255 e. The van der Waals surface area contributed by atoms with Gasteiger partial charge in [0.2, 0.25) is 0 Å². The molecular weight excluding hydrogens is 384 g/mol. The average molecular weight is 407 g/mol. The number of fused-ring (bicyclic) bond motifs is 1. The Hall–Kier alpha value is -2.92. The van der Waals surface area contributed by atoms with Crippen molar-refractivity contribution in [3.05, 3.63) is 76.4 Å². The lowest BCUT2D eigenvalue weighted by Gasteiger charge is -2.32. The molecule has 5 nitrogen and oxygen atoms in total. The van der Waals surface area contributed by atoms with Crippen LogP contribution in [-0.2, 0) is 13.0 Å². The van der Waals surface area contributed by atoms with Gasteiger partial charge in [0.1, 0.15) is 5.82 Å². The molecule has 0 saturated carbocycles. The summed E-state index contributed by atoms with van der Waals surface area (Å²) in [4.78, 5) is 26.7. The zero-order valence-electron chi connectivity index (χ0n) is 16.6. The van der Waals surface area contributed by atoms with Crippen LogP contribution in [0, 0.1) is 0 Å². The molecule has 0 radical (unpaired) electrons. The van der Waals surface area contributed by atoms with Crippen molar-refractivity contribution in [2.24, 2.45) is 0 Å². The monoisotopic (exact) mass is 406 g/mol. The Morgan fingerprint density at radius 3 is 2.55 bits per heavy atom. The van der Waals surface area contributed by atoms with Crippen LogP contribution in [-0.4, -0.2) is 40.9 Å². The highest BCUT2D eigenvalue weighted by Crippen LogP contribution is 2.30. The summed E-state index contributed by atoms with van der Waals surface area (Å²) in [5.74, 6) is 1.55. The van der Waals surface area contributed by atoms with E-state index in [1.165, 1.54) is 0 Å². The molecule has 29 heavy (non-hydrogen) atoms. The van der Waals surface area contributed by atoms with E-state index in [0.29, 0.717) is 30.1 Å². The SMILES string of the molecule is CCN(C)c1nc(-c2ccccc2)nc2c1CN(C(=O)c1ccccc1Cl)CC2. The molecule has 1 aromatic heterocycles. The number of anilines is 1. The minimum absolute atomic E-state index is 0.0570. The molecule has 0 unspecified atom stereocenters. The minimum atomic E-state index is -0.0570. The van der Waals surface area contributed by atoms with E-state index in [1.807, 2.05) is 54.4 Å². The van der Waals surface area contributed by atoms with E-state index in [2.05, 4.69) is 11.8 Å². The fraction of sp³-hybridized carbons (Fsp3) is 0.261. The van der Waals surface area contributed by atoms with Crippen molar-refractivity contribution in [2.45, 2.75) is 19.9 Å². The van der Waals surface area contributed by atoms with Gasteiger partial charge >= 0.3 is 0 Å². The van der Waals surface area contributed by atoms with Crippen LogP contribution in [0.2, 0.25) is 5.02 Å². The van der Waals surface area contributed by atoms with E-state index < -0.39 is 0 Å². The summed E-state index contributed by atoms with van der Waals surface area (Å²) >= 11 is 6.25. The van der Waals surface area contributed by atoms with E-state index in [-0.39, 0.29) is 5.91 Å². The van der Waals surface area contributed by atoms with Gasteiger partial charge in [-0.25, -0.2) is 9.97 Å². The number of rotatable bonds is 4. The van der Waals surface area contributed by atoms with E-state index in [9.17, 15) is 4.79 Å². The third kappa shape index (κ3) is 3.83. The van der Waals surface area contributed by atoms with Crippen molar-refractivity contribution in [2.75, 3.05) is 25.0 Å². The molecule has 3 aromatic rings. The molecule has 2 heterocycles. The van der Waals surface area contributed by atoms with Crippen LogP contribution in [0.15, 0.2) is 54.6 Å². The number of benzene rings is 2. The topological polar surface area (TPSA) is 49.3 Å². The second-order valence-electron chi connectivity index (χ2n) is 7.13. The molecule has 0 fully saturated rings. The number of hydrogen-bond acceptors (Lipinski definition) is 4. The summed E-state index contributed by atoms with van der Waals surface area (Å²) in [5, 5.41) is 0.477. The third-order valence-corrected chi connectivity index (χ3v) is 5.63.